The van der Waals surface area contributed by atoms with Crippen molar-refractivity contribution in [3.05, 3.63) is 28.5 Å². The first-order chi connectivity index (χ1) is 8.22. The summed E-state index contributed by atoms with van der Waals surface area (Å²) < 4.78 is 1.08. The van der Waals surface area contributed by atoms with Crippen molar-refractivity contribution in [3.63, 3.8) is 0 Å². The molecule has 4 heteroatoms. The summed E-state index contributed by atoms with van der Waals surface area (Å²) in [5.74, 6) is 0. The standard InChI is InChI=1S/C13H16Br2N2/c14-10-4-12-1-2-13(5-10)17(12)8-9-3-11(15)7-16-6-9/h3,6-7,10,12-13H,1-2,4-5,8H2. The van der Waals surface area contributed by atoms with Gasteiger partial charge in [-0.25, -0.2) is 0 Å². The van der Waals surface area contributed by atoms with Crippen molar-refractivity contribution in [2.24, 2.45) is 0 Å². The summed E-state index contributed by atoms with van der Waals surface area (Å²) in [6.45, 7) is 1.06. The number of pyridine rings is 1. The summed E-state index contributed by atoms with van der Waals surface area (Å²) in [6.07, 6.45) is 9.19. The number of piperidine rings is 1. The molecule has 2 bridgehead atoms. The second-order valence-corrected chi connectivity index (χ2v) is 7.35. The van der Waals surface area contributed by atoms with Crippen LogP contribution in [0.2, 0.25) is 0 Å². The molecule has 3 heterocycles. The Balaban J connectivity index is 1.74. The van der Waals surface area contributed by atoms with E-state index in [1.165, 1.54) is 31.2 Å². The quantitative estimate of drug-likeness (QED) is 0.748. The first-order valence-electron chi connectivity index (χ1n) is 6.21. The Morgan fingerprint density at radius 3 is 2.59 bits per heavy atom. The predicted molar refractivity (Wildman–Crippen MR) is 76.2 cm³/mol. The maximum absolute atomic E-state index is 4.25. The Kier molecular flexibility index (Phi) is 3.55. The molecule has 0 aromatic carbocycles. The summed E-state index contributed by atoms with van der Waals surface area (Å²) in [6, 6.07) is 3.74. The highest BCUT2D eigenvalue weighted by atomic mass is 79.9. The van der Waals surface area contributed by atoms with Gasteiger partial charge in [0.05, 0.1) is 0 Å². The minimum atomic E-state index is 0.733. The van der Waals surface area contributed by atoms with E-state index in [0.717, 1.165) is 27.9 Å². The van der Waals surface area contributed by atoms with Crippen LogP contribution in [-0.2, 0) is 6.54 Å². The molecule has 17 heavy (non-hydrogen) atoms. The molecule has 1 aromatic heterocycles. The molecule has 3 rings (SSSR count). The number of hydrogen-bond acceptors (Lipinski definition) is 2. The number of rotatable bonds is 2. The Bertz CT molecular complexity index is 396. The van der Waals surface area contributed by atoms with Crippen LogP contribution in [0.25, 0.3) is 0 Å². The molecule has 2 fully saturated rings. The summed E-state index contributed by atoms with van der Waals surface area (Å²) in [7, 11) is 0. The molecule has 2 nitrogen and oxygen atoms in total. The molecule has 0 N–H and O–H groups in total. The summed E-state index contributed by atoms with van der Waals surface area (Å²) in [5, 5.41) is 0. The van der Waals surface area contributed by atoms with Crippen LogP contribution in [0.4, 0.5) is 0 Å². The zero-order valence-corrected chi connectivity index (χ0v) is 12.8. The largest absolute Gasteiger partial charge is 0.293 e. The second kappa shape index (κ2) is 4.98. The van der Waals surface area contributed by atoms with Crippen LogP contribution in [0.1, 0.15) is 31.2 Å². The first-order valence-corrected chi connectivity index (χ1v) is 7.92. The average molecular weight is 360 g/mol. The zero-order chi connectivity index (χ0) is 11.8. The number of alkyl halides is 1. The van der Waals surface area contributed by atoms with Gasteiger partial charge in [-0.05, 0) is 53.2 Å². The van der Waals surface area contributed by atoms with Gasteiger partial charge in [0.1, 0.15) is 0 Å². The molecule has 2 atom stereocenters. The van der Waals surface area contributed by atoms with Crippen LogP contribution < -0.4 is 0 Å². The number of halogens is 2. The second-order valence-electron chi connectivity index (χ2n) is 5.14. The molecular formula is C13H16Br2N2. The van der Waals surface area contributed by atoms with Gasteiger partial charge in [-0.3, -0.25) is 9.88 Å². The molecule has 0 radical (unpaired) electrons. The Labute approximate surface area is 119 Å². The van der Waals surface area contributed by atoms with Gasteiger partial charge in [0.2, 0.25) is 0 Å². The predicted octanol–water partition coefficient (Wildman–Crippen LogP) is 3.73. The van der Waals surface area contributed by atoms with Crippen molar-refractivity contribution in [2.45, 2.75) is 49.1 Å². The maximum Gasteiger partial charge on any atom is 0.0410 e. The minimum Gasteiger partial charge on any atom is -0.293 e. The van der Waals surface area contributed by atoms with Gasteiger partial charge in [-0.2, -0.15) is 0 Å². The van der Waals surface area contributed by atoms with Crippen LogP contribution in [0.15, 0.2) is 22.9 Å². The van der Waals surface area contributed by atoms with E-state index in [-0.39, 0.29) is 0 Å². The van der Waals surface area contributed by atoms with Crippen molar-refractivity contribution in [2.75, 3.05) is 0 Å². The smallest absolute Gasteiger partial charge is 0.0410 e. The van der Waals surface area contributed by atoms with Gasteiger partial charge in [-0.1, -0.05) is 15.9 Å². The lowest BCUT2D eigenvalue weighted by Gasteiger charge is -2.37. The Morgan fingerprint density at radius 2 is 1.94 bits per heavy atom. The van der Waals surface area contributed by atoms with E-state index in [0.29, 0.717) is 0 Å². The van der Waals surface area contributed by atoms with Crippen LogP contribution in [-0.4, -0.2) is 26.8 Å². The number of fused-ring (bicyclic) bond motifs is 2. The topological polar surface area (TPSA) is 16.1 Å². The third kappa shape index (κ3) is 2.59. The summed E-state index contributed by atoms with van der Waals surface area (Å²) in [4.78, 5) is 7.67. The number of nitrogens with zero attached hydrogens (tertiary/aromatic N) is 2. The third-order valence-electron chi connectivity index (χ3n) is 3.95. The van der Waals surface area contributed by atoms with Crippen LogP contribution in [0.5, 0.6) is 0 Å². The van der Waals surface area contributed by atoms with Gasteiger partial charge in [0.15, 0.2) is 0 Å². The zero-order valence-electron chi connectivity index (χ0n) is 9.65. The fourth-order valence-electron chi connectivity index (χ4n) is 3.22. The lowest BCUT2D eigenvalue weighted by Crippen LogP contribution is -2.42. The summed E-state index contributed by atoms with van der Waals surface area (Å²) >= 11 is 7.28. The molecule has 92 valence electrons. The molecule has 2 aliphatic heterocycles. The van der Waals surface area contributed by atoms with Crippen molar-refractivity contribution >= 4 is 31.9 Å². The Hall–Kier alpha value is 0.0700. The van der Waals surface area contributed by atoms with Crippen molar-refractivity contribution in [1.82, 2.24) is 9.88 Å². The van der Waals surface area contributed by atoms with Crippen molar-refractivity contribution < 1.29 is 0 Å². The summed E-state index contributed by atoms with van der Waals surface area (Å²) in [5.41, 5.74) is 1.32. The van der Waals surface area contributed by atoms with E-state index in [1.807, 2.05) is 12.4 Å². The first kappa shape index (κ1) is 12.1. The van der Waals surface area contributed by atoms with Gasteiger partial charge in [0.25, 0.3) is 0 Å². The molecule has 0 aliphatic carbocycles. The van der Waals surface area contributed by atoms with Gasteiger partial charge >= 0.3 is 0 Å². The molecule has 0 saturated carbocycles. The van der Waals surface area contributed by atoms with Crippen molar-refractivity contribution in [1.29, 1.82) is 0 Å². The average Bonchev–Trinajstić information content (AvgIpc) is 2.54. The van der Waals surface area contributed by atoms with Crippen LogP contribution in [0, 0.1) is 0 Å². The highest BCUT2D eigenvalue weighted by molar-refractivity contribution is 9.10. The van der Waals surface area contributed by atoms with E-state index in [9.17, 15) is 0 Å². The SMILES string of the molecule is Brc1cncc(CN2C3CCC2CC(Br)C3)c1. The fourth-order valence-corrected chi connectivity index (χ4v) is 4.49. The lowest BCUT2D eigenvalue weighted by molar-refractivity contribution is 0.137. The third-order valence-corrected chi connectivity index (χ3v) is 5.13. The van der Waals surface area contributed by atoms with E-state index < -0.39 is 0 Å². The number of hydrogen-bond donors (Lipinski definition) is 0. The monoisotopic (exact) mass is 358 g/mol. The minimum absolute atomic E-state index is 0.733. The van der Waals surface area contributed by atoms with Crippen molar-refractivity contribution in [3.8, 4) is 0 Å². The van der Waals surface area contributed by atoms with E-state index in [4.69, 9.17) is 0 Å². The maximum atomic E-state index is 4.25. The molecular weight excluding hydrogens is 344 g/mol. The van der Waals surface area contributed by atoms with E-state index in [2.05, 4.69) is 47.8 Å². The van der Waals surface area contributed by atoms with Crippen LogP contribution in [0.3, 0.4) is 0 Å². The normalized spacial score (nSPS) is 32.9. The Morgan fingerprint density at radius 1 is 1.24 bits per heavy atom. The highest BCUT2D eigenvalue weighted by Gasteiger charge is 2.39. The molecule has 1 aromatic rings. The molecule has 2 saturated heterocycles. The molecule has 2 unspecified atom stereocenters. The molecule has 0 spiro atoms. The van der Waals surface area contributed by atoms with Gasteiger partial charge in [0, 0.05) is 40.3 Å². The molecule has 0 amide bonds. The van der Waals surface area contributed by atoms with Gasteiger partial charge in [-0.15, -0.1) is 0 Å². The van der Waals surface area contributed by atoms with Gasteiger partial charge < -0.3 is 0 Å². The van der Waals surface area contributed by atoms with E-state index >= 15 is 0 Å². The van der Waals surface area contributed by atoms with E-state index in [1.54, 1.807) is 0 Å². The lowest BCUT2D eigenvalue weighted by atomic mass is 10.0. The fraction of sp³-hybridized carbons (Fsp3) is 0.615. The van der Waals surface area contributed by atoms with Crippen LogP contribution >= 0.6 is 31.9 Å². The number of aromatic nitrogens is 1. The molecule has 2 aliphatic rings. The highest BCUT2D eigenvalue weighted by Crippen LogP contribution is 2.39.